The van der Waals surface area contributed by atoms with Crippen LogP contribution in [0.2, 0.25) is 0 Å². The lowest BCUT2D eigenvalue weighted by atomic mass is 9.93. The van der Waals surface area contributed by atoms with Gasteiger partial charge in [0, 0.05) is 49.8 Å². The lowest BCUT2D eigenvalue weighted by Crippen LogP contribution is -2.36. The topological polar surface area (TPSA) is 88.4 Å². The van der Waals surface area contributed by atoms with Crippen LogP contribution in [0.15, 0.2) is 24.5 Å². The Hall–Kier alpha value is -2.38. The minimum atomic E-state index is -0.994. The third-order valence-corrected chi connectivity index (χ3v) is 4.67. The summed E-state index contributed by atoms with van der Waals surface area (Å²) >= 11 is 0. The zero-order valence-electron chi connectivity index (χ0n) is 15.2. The molecule has 0 amide bonds. The number of carboxylic acids is 1. The second-order valence-electron chi connectivity index (χ2n) is 6.63. The molecule has 3 heterocycles. The van der Waals surface area contributed by atoms with Crippen molar-refractivity contribution in [2.45, 2.75) is 25.7 Å². The van der Waals surface area contributed by atoms with Gasteiger partial charge in [0.25, 0.3) is 0 Å². The maximum Gasteiger partial charge on any atom is 0.337 e. The highest BCUT2D eigenvalue weighted by Gasteiger charge is 2.23. The minimum absolute atomic E-state index is 0.156. The van der Waals surface area contributed by atoms with Crippen LogP contribution >= 0.6 is 0 Å². The second kappa shape index (κ2) is 8.33. The van der Waals surface area contributed by atoms with E-state index in [9.17, 15) is 9.90 Å². The zero-order valence-corrected chi connectivity index (χ0v) is 15.2. The van der Waals surface area contributed by atoms with Crippen molar-refractivity contribution in [1.82, 2.24) is 19.9 Å². The summed E-state index contributed by atoms with van der Waals surface area (Å²) in [5, 5.41) is 9.18. The molecule has 3 rings (SSSR count). The molecule has 138 valence electrons. The minimum Gasteiger partial charge on any atom is -0.478 e. The number of hydrogen-bond donors (Lipinski definition) is 1. The van der Waals surface area contributed by atoms with E-state index in [0.29, 0.717) is 17.3 Å². The van der Waals surface area contributed by atoms with E-state index in [2.05, 4.69) is 19.9 Å². The molecular formula is C19H24N4O3. The Morgan fingerprint density at radius 2 is 2.19 bits per heavy atom. The molecule has 1 saturated heterocycles. The van der Waals surface area contributed by atoms with Crippen molar-refractivity contribution in [2.24, 2.45) is 0 Å². The molecule has 0 saturated carbocycles. The number of rotatable bonds is 6. The molecule has 1 aliphatic heterocycles. The summed E-state index contributed by atoms with van der Waals surface area (Å²) in [5.41, 5.74) is 2.58. The SMILES string of the molecule is COCCN1CCC[C@H](c2cc(-c3cncc(C(=O)O)c3)nc(C)n2)C1. The van der Waals surface area contributed by atoms with Gasteiger partial charge in [-0.25, -0.2) is 14.8 Å². The van der Waals surface area contributed by atoms with Crippen LogP contribution in [0.1, 0.15) is 40.6 Å². The summed E-state index contributed by atoms with van der Waals surface area (Å²) in [7, 11) is 1.72. The quantitative estimate of drug-likeness (QED) is 0.850. The van der Waals surface area contributed by atoms with Gasteiger partial charge in [-0.1, -0.05) is 0 Å². The summed E-state index contributed by atoms with van der Waals surface area (Å²) in [5.74, 6) is 0.0373. The van der Waals surface area contributed by atoms with Crippen LogP contribution in [0.3, 0.4) is 0 Å². The molecule has 1 N–H and O–H groups in total. The molecule has 7 nitrogen and oxygen atoms in total. The van der Waals surface area contributed by atoms with Gasteiger partial charge in [-0.05, 0) is 38.4 Å². The smallest absolute Gasteiger partial charge is 0.337 e. The van der Waals surface area contributed by atoms with Gasteiger partial charge < -0.3 is 14.7 Å². The molecule has 0 unspecified atom stereocenters. The molecule has 1 fully saturated rings. The van der Waals surface area contributed by atoms with Crippen LogP contribution < -0.4 is 0 Å². The Balaban J connectivity index is 1.86. The molecule has 0 bridgehead atoms. The maximum atomic E-state index is 11.2. The van der Waals surface area contributed by atoms with Crippen molar-refractivity contribution >= 4 is 5.97 Å². The largest absolute Gasteiger partial charge is 0.478 e. The van der Waals surface area contributed by atoms with Gasteiger partial charge in [-0.2, -0.15) is 0 Å². The molecule has 1 atom stereocenters. The summed E-state index contributed by atoms with van der Waals surface area (Å²) in [4.78, 5) is 26.8. The standard InChI is InChI=1S/C19H24N4O3/c1-13-21-17(14-4-3-5-23(12-14)6-7-26-2)9-18(22-13)15-8-16(19(24)25)11-20-10-15/h8-11,14H,3-7,12H2,1-2H3,(H,24,25)/t14-/m0/s1. The van der Waals surface area contributed by atoms with Crippen LogP contribution in [0, 0.1) is 6.92 Å². The molecule has 0 aromatic carbocycles. The fraction of sp³-hybridized carbons (Fsp3) is 0.474. The molecule has 26 heavy (non-hydrogen) atoms. The number of aryl methyl sites for hydroxylation is 1. The number of aromatic nitrogens is 3. The molecule has 2 aromatic rings. The van der Waals surface area contributed by atoms with E-state index in [-0.39, 0.29) is 5.56 Å². The summed E-state index contributed by atoms with van der Waals surface area (Å²) in [6.07, 6.45) is 5.20. The van der Waals surface area contributed by atoms with Crippen LogP contribution in [-0.4, -0.2) is 64.3 Å². The number of nitrogens with zero attached hydrogens (tertiary/aromatic N) is 4. The first-order valence-electron chi connectivity index (χ1n) is 8.82. The number of piperidine rings is 1. The van der Waals surface area contributed by atoms with Gasteiger partial charge in [0.1, 0.15) is 5.82 Å². The van der Waals surface area contributed by atoms with E-state index < -0.39 is 5.97 Å². The van der Waals surface area contributed by atoms with Crippen molar-refractivity contribution in [1.29, 1.82) is 0 Å². The van der Waals surface area contributed by atoms with Gasteiger partial charge in [0.2, 0.25) is 0 Å². The summed E-state index contributed by atoms with van der Waals surface area (Å²) in [6.45, 7) is 5.56. The fourth-order valence-corrected chi connectivity index (χ4v) is 3.37. The summed E-state index contributed by atoms with van der Waals surface area (Å²) in [6, 6.07) is 3.58. The predicted molar refractivity (Wildman–Crippen MR) is 97.3 cm³/mol. The number of pyridine rings is 1. The zero-order chi connectivity index (χ0) is 18.5. The molecular weight excluding hydrogens is 332 g/mol. The van der Waals surface area contributed by atoms with E-state index in [1.54, 1.807) is 19.4 Å². The Bertz CT molecular complexity index is 781. The number of likely N-dealkylation sites (tertiary alicyclic amines) is 1. The number of methoxy groups -OCH3 is 1. The Morgan fingerprint density at radius 3 is 2.96 bits per heavy atom. The normalized spacial score (nSPS) is 18.0. The van der Waals surface area contributed by atoms with Crippen LogP contribution in [0.4, 0.5) is 0 Å². The molecule has 0 aliphatic carbocycles. The van der Waals surface area contributed by atoms with E-state index in [1.807, 2.05) is 13.0 Å². The second-order valence-corrected chi connectivity index (χ2v) is 6.63. The average Bonchev–Trinajstić information content (AvgIpc) is 2.66. The van der Waals surface area contributed by atoms with Gasteiger partial charge in [-0.3, -0.25) is 4.98 Å². The Morgan fingerprint density at radius 1 is 1.35 bits per heavy atom. The van der Waals surface area contributed by atoms with E-state index in [0.717, 1.165) is 50.5 Å². The number of carbonyl (C=O) groups is 1. The van der Waals surface area contributed by atoms with Gasteiger partial charge in [-0.15, -0.1) is 0 Å². The Kier molecular flexibility index (Phi) is 5.90. The number of hydrogen-bond acceptors (Lipinski definition) is 6. The number of carboxylic acid groups (broad SMARTS) is 1. The van der Waals surface area contributed by atoms with E-state index in [4.69, 9.17) is 4.74 Å². The Labute approximate surface area is 153 Å². The molecule has 1 aliphatic rings. The molecule has 2 aromatic heterocycles. The van der Waals surface area contributed by atoms with Crippen molar-refractivity contribution in [3.05, 3.63) is 41.6 Å². The molecule has 0 radical (unpaired) electrons. The summed E-state index contributed by atoms with van der Waals surface area (Å²) < 4.78 is 5.19. The lowest BCUT2D eigenvalue weighted by molar-refractivity contribution is 0.0696. The first-order valence-corrected chi connectivity index (χ1v) is 8.82. The van der Waals surface area contributed by atoms with Crippen LogP contribution in [0.5, 0.6) is 0 Å². The van der Waals surface area contributed by atoms with E-state index in [1.165, 1.54) is 6.20 Å². The highest BCUT2D eigenvalue weighted by atomic mass is 16.5. The van der Waals surface area contributed by atoms with E-state index >= 15 is 0 Å². The highest BCUT2D eigenvalue weighted by Crippen LogP contribution is 2.28. The first kappa shape index (κ1) is 18.4. The van der Waals surface area contributed by atoms with Crippen molar-refractivity contribution in [3.63, 3.8) is 0 Å². The van der Waals surface area contributed by atoms with Crippen molar-refractivity contribution in [3.8, 4) is 11.3 Å². The molecule has 0 spiro atoms. The van der Waals surface area contributed by atoms with Crippen LogP contribution in [0.25, 0.3) is 11.3 Å². The third-order valence-electron chi connectivity index (χ3n) is 4.67. The maximum absolute atomic E-state index is 11.2. The monoisotopic (exact) mass is 356 g/mol. The number of ether oxygens (including phenoxy) is 1. The third kappa shape index (κ3) is 4.42. The lowest BCUT2D eigenvalue weighted by Gasteiger charge is -2.32. The van der Waals surface area contributed by atoms with Crippen molar-refractivity contribution in [2.75, 3.05) is 33.4 Å². The average molecular weight is 356 g/mol. The van der Waals surface area contributed by atoms with Gasteiger partial charge >= 0.3 is 5.97 Å². The van der Waals surface area contributed by atoms with Crippen molar-refractivity contribution < 1.29 is 14.6 Å². The van der Waals surface area contributed by atoms with Gasteiger partial charge in [0.15, 0.2) is 0 Å². The number of aromatic carboxylic acids is 1. The fourth-order valence-electron chi connectivity index (χ4n) is 3.37. The predicted octanol–water partition coefficient (Wildman–Crippen LogP) is 2.37. The van der Waals surface area contributed by atoms with Gasteiger partial charge in [0.05, 0.1) is 17.9 Å². The van der Waals surface area contributed by atoms with Crippen LogP contribution in [-0.2, 0) is 4.74 Å². The first-order chi connectivity index (χ1) is 12.6. The molecule has 7 heteroatoms. The highest BCUT2D eigenvalue weighted by molar-refractivity contribution is 5.88.